The molecule has 0 heterocycles. The molecule has 0 atom stereocenters. The first-order chi connectivity index (χ1) is 10.8. The summed E-state index contributed by atoms with van der Waals surface area (Å²) in [7, 11) is -4.08. The molecule has 0 aliphatic heterocycles. The van der Waals surface area contributed by atoms with Crippen molar-refractivity contribution >= 4 is 33.2 Å². The monoisotopic (exact) mass is 371 g/mol. The predicted octanol–water partition coefficient (Wildman–Crippen LogP) is -0.866. The van der Waals surface area contributed by atoms with Crippen molar-refractivity contribution in [3.8, 4) is 0 Å². The molecule has 0 fully saturated rings. The summed E-state index contributed by atoms with van der Waals surface area (Å²) in [6, 6.07) is 11.4. The number of nitrogen functional groups attached to an aromatic ring is 1. The summed E-state index contributed by atoms with van der Waals surface area (Å²) in [5.74, 6) is -1.25. The van der Waals surface area contributed by atoms with Gasteiger partial charge in [0.15, 0.2) is 0 Å². The van der Waals surface area contributed by atoms with Gasteiger partial charge in [-0.1, -0.05) is 24.3 Å². The van der Waals surface area contributed by atoms with E-state index in [-0.39, 0.29) is 73.4 Å². The number of nitrogens with zero attached hydrogens (tertiary/aromatic N) is 1. The van der Waals surface area contributed by atoms with Gasteiger partial charge in [-0.2, -0.15) is 0 Å². The van der Waals surface area contributed by atoms with Crippen molar-refractivity contribution < 1.29 is 69.4 Å². The third kappa shape index (κ3) is 5.40. The summed E-state index contributed by atoms with van der Waals surface area (Å²) < 4.78 is 27.3. The van der Waals surface area contributed by atoms with Gasteiger partial charge >= 0.3 is 51.4 Å². The normalized spacial score (nSPS) is 10.4. The molecule has 0 saturated heterocycles. The number of anilines is 2. The summed E-state index contributed by atoms with van der Waals surface area (Å²) in [6.07, 6.45) is 0. The van der Waals surface area contributed by atoms with Crippen molar-refractivity contribution in [1.82, 2.24) is 0 Å². The van der Waals surface area contributed by atoms with E-state index < -0.39 is 15.9 Å². The van der Waals surface area contributed by atoms with Crippen LogP contribution in [0.5, 0.6) is 0 Å². The maximum absolute atomic E-state index is 12.0. The fourth-order valence-corrected chi connectivity index (χ4v) is 2.74. The molecule has 24 heavy (non-hydrogen) atoms. The molecule has 2 amide bonds. The van der Waals surface area contributed by atoms with Crippen LogP contribution < -0.4 is 62.4 Å². The Morgan fingerprint density at radius 1 is 1.08 bits per heavy atom. The van der Waals surface area contributed by atoms with Crippen molar-refractivity contribution in [2.45, 2.75) is 11.8 Å². The van der Waals surface area contributed by atoms with E-state index in [4.69, 9.17) is 5.73 Å². The molecule has 0 unspecified atom stereocenters. The van der Waals surface area contributed by atoms with Gasteiger partial charge in [-0.25, -0.2) is 8.42 Å². The molecule has 7 nitrogen and oxygen atoms in total. The first kappa shape index (κ1) is 20.8. The summed E-state index contributed by atoms with van der Waals surface area (Å²) in [4.78, 5) is 23.0. The van der Waals surface area contributed by atoms with Crippen molar-refractivity contribution in [3.63, 3.8) is 0 Å². The zero-order chi connectivity index (χ0) is 17.0. The van der Waals surface area contributed by atoms with Crippen LogP contribution in [-0.2, 0) is 14.8 Å². The number of nitrogens with two attached hydrogens (primary N) is 1. The van der Waals surface area contributed by atoms with Crippen LogP contribution in [0.1, 0.15) is 17.3 Å². The number of benzene rings is 2. The first-order valence-corrected chi connectivity index (χ1v) is 7.98. The van der Waals surface area contributed by atoms with Gasteiger partial charge in [0.25, 0.3) is 0 Å². The van der Waals surface area contributed by atoms with Gasteiger partial charge in [-0.05, 0) is 24.3 Å². The number of rotatable bonds is 4. The summed E-state index contributed by atoms with van der Waals surface area (Å²) in [5.41, 5.74) is 6.21. The third-order valence-corrected chi connectivity index (χ3v) is 4.13. The Balaban J connectivity index is 0.00000288. The molecular formula is C15H14KN3O4S. The van der Waals surface area contributed by atoms with E-state index in [2.05, 4.69) is 10.0 Å². The van der Waals surface area contributed by atoms with Crippen molar-refractivity contribution in [2.75, 3.05) is 11.1 Å². The van der Waals surface area contributed by atoms with Crippen LogP contribution in [0.3, 0.4) is 0 Å². The largest absolute Gasteiger partial charge is 1.00 e. The van der Waals surface area contributed by atoms with Crippen molar-refractivity contribution in [3.05, 3.63) is 58.8 Å². The number of hydrogen-bond acceptors (Lipinski definition) is 5. The second-order valence-corrected chi connectivity index (χ2v) is 6.27. The Labute approximate surface area is 182 Å². The number of carbonyl (C=O) groups excluding carboxylic acids is 2. The quantitative estimate of drug-likeness (QED) is 0.535. The van der Waals surface area contributed by atoms with Crippen LogP contribution in [0, 0.1) is 0 Å². The first-order valence-electron chi connectivity index (χ1n) is 6.54. The minimum atomic E-state index is -4.08. The molecule has 0 spiro atoms. The van der Waals surface area contributed by atoms with Crippen LogP contribution in [-0.4, -0.2) is 20.2 Å². The molecule has 2 aromatic rings. The Morgan fingerprint density at radius 2 is 1.71 bits per heavy atom. The Hall–Kier alpha value is -1.23. The summed E-state index contributed by atoms with van der Waals surface area (Å²) in [6.45, 7) is 1.32. The second-order valence-electron chi connectivity index (χ2n) is 4.67. The molecule has 0 saturated carbocycles. The molecule has 2 rings (SSSR count). The van der Waals surface area contributed by atoms with Gasteiger partial charge < -0.3 is 20.6 Å². The number of carbonyl (C=O) groups is 2. The number of sulfonamides is 1. The molecule has 0 aromatic heterocycles. The standard InChI is InChI=1S/C15H15N3O4S.K/c1-10(19)17-14-8-7-11(9-13(14)16)15(20)18-23(21,22)12-5-3-2-4-6-12;/h2-9H,16H2,1H3,(H2,17,18,19,20);/q;+1/p-1. The van der Waals surface area contributed by atoms with E-state index in [1.165, 1.54) is 49.4 Å². The van der Waals surface area contributed by atoms with Crippen molar-refractivity contribution in [2.24, 2.45) is 0 Å². The zero-order valence-corrected chi connectivity index (χ0v) is 17.1. The molecule has 0 aliphatic carbocycles. The van der Waals surface area contributed by atoms with Gasteiger partial charge in [0.2, 0.25) is 5.91 Å². The van der Waals surface area contributed by atoms with Crippen LogP contribution >= 0.6 is 0 Å². The summed E-state index contributed by atoms with van der Waals surface area (Å²) in [5, 5.41) is 2.49. The van der Waals surface area contributed by atoms with Gasteiger partial charge in [-0.3, -0.25) is 4.79 Å². The molecule has 0 aliphatic rings. The van der Waals surface area contributed by atoms with Gasteiger partial charge in [-0.15, -0.1) is 0 Å². The Morgan fingerprint density at radius 3 is 2.25 bits per heavy atom. The van der Waals surface area contributed by atoms with Gasteiger partial charge in [0, 0.05) is 12.5 Å². The topological polar surface area (TPSA) is 120 Å². The summed E-state index contributed by atoms with van der Waals surface area (Å²) >= 11 is 0. The molecule has 2 aromatic carbocycles. The maximum atomic E-state index is 12.0. The van der Waals surface area contributed by atoms with E-state index >= 15 is 0 Å². The maximum Gasteiger partial charge on any atom is 1.00 e. The fourth-order valence-electron chi connectivity index (χ4n) is 1.81. The van der Waals surface area contributed by atoms with E-state index in [0.717, 1.165) is 0 Å². The van der Waals surface area contributed by atoms with E-state index in [1.54, 1.807) is 6.07 Å². The molecule has 0 radical (unpaired) electrons. The van der Waals surface area contributed by atoms with Crippen LogP contribution in [0.4, 0.5) is 11.4 Å². The van der Waals surface area contributed by atoms with E-state index in [9.17, 15) is 18.0 Å². The number of hydrogen-bond donors (Lipinski definition) is 2. The minimum absolute atomic E-state index is 0. The van der Waals surface area contributed by atoms with Crippen molar-refractivity contribution in [1.29, 1.82) is 0 Å². The number of amides is 2. The van der Waals surface area contributed by atoms with E-state index in [0.29, 0.717) is 5.69 Å². The molecule has 120 valence electrons. The van der Waals surface area contributed by atoms with Gasteiger partial charge in [0.05, 0.1) is 22.2 Å². The molecular weight excluding hydrogens is 357 g/mol. The predicted molar refractivity (Wildman–Crippen MR) is 86.5 cm³/mol. The van der Waals surface area contributed by atoms with Crippen LogP contribution in [0.25, 0.3) is 4.72 Å². The molecule has 3 N–H and O–H groups in total. The molecule has 0 bridgehead atoms. The fraction of sp³-hybridized carbons (Fsp3) is 0.0667. The smallest absolute Gasteiger partial charge is 0.538 e. The van der Waals surface area contributed by atoms with Crippen LogP contribution in [0.2, 0.25) is 0 Å². The minimum Gasteiger partial charge on any atom is -0.538 e. The molecule has 9 heteroatoms. The van der Waals surface area contributed by atoms with Gasteiger partial charge in [0.1, 0.15) is 10.0 Å². The van der Waals surface area contributed by atoms with E-state index in [1.807, 2.05) is 0 Å². The zero-order valence-electron chi connectivity index (χ0n) is 13.2. The Kier molecular flexibility index (Phi) is 7.58. The average molecular weight is 371 g/mol. The number of nitrogens with one attached hydrogen (secondary N) is 1. The van der Waals surface area contributed by atoms with Crippen LogP contribution in [0.15, 0.2) is 53.4 Å². The average Bonchev–Trinajstić information content (AvgIpc) is 2.49. The Bertz CT molecular complexity index is 854. The third-order valence-electron chi connectivity index (χ3n) is 2.85. The second kappa shape index (κ2) is 8.74. The SMILES string of the molecule is CC(=O)Nc1ccc(C(=O)[N-]S(=O)(=O)c2ccccc2)cc1N.[K+].